The molecule has 21 heavy (non-hydrogen) atoms. The number of nitrogens with zero attached hydrogens (tertiary/aromatic N) is 2. The van der Waals surface area contributed by atoms with Crippen molar-refractivity contribution in [2.45, 2.75) is 32.2 Å². The number of hydrogen-bond acceptors (Lipinski definition) is 2. The summed E-state index contributed by atoms with van der Waals surface area (Å²) in [5, 5.41) is 0. The molecule has 1 unspecified atom stereocenters. The number of amides is 2. The fraction of sp³-hybridized carbons (Fsp3) is 0.562. The summed E-state index contributed by atoms with van der Waals surface area (Å²) in [6.07, 6.45) is 2.70. The molecule has 1 aliphatic rings. The van der Waals surface area contributed by atoms with Gasteiger partial charge in [-0.05, 0) is 30.5 Å². The molecular formula is C16H24FN3O. The molecule has 0 bridgehead atoms. The average Bonchev–Trinajstić information content (AvgIpc) is 2.46. The molecule has 4 nitrogen and oxygen atoms in total. The summed E-state index contributed by atoms with van der Waals surface area (Å²) >= 11 is 0. The van der Waals surface area contributed by atoms with E-state index >= 15 is 0 Å². The fourth-order valence-corrected chi connectivity index (χ4v) is 2.66. The molecule has 1 atom stereocenters. The largest absolute Gasteiger partial charge is 0.325 e. The van der Waals surface area contributed by atoms with E-state index in [1.54, 1.807) is 11.0 Å². The number of hydrogen-bond donors (Lipinski definition) is 1. The molecule has 0 saturated carbocycles. The predicted octanol–water partition coefficient (Wildman–Crippen LogP) is 2.23. The van der Waals surface area contributed by atoms with Crippen molar-refractivity contribution >= 4 is 6.03 Å². The minimum Gasteiger partial charge on any atom is -0.325 e. The van der Waals surface area contributed by atoms with Crippen LogP contribution in [0.1, 0.15) is 25.3 Å². The van der Waals surface area contributed by atoms with Crippen LogP contribution < -0.4 is 5.73 Å². The Labute approximate surface area is 125 Å². The zero-order valence-corrected chi connectivity index (χ0v) is 12.6. The maximum absolute atomic E-state index is 13.2. The van der Waals surface area contributed by atoms with Crippen LogP contribution in [0.4, 0.5) is 9.18 Å². The molecule has 1 aliphatic heterocycles. The van der Waals surface area contributed by atoms with Crippen molar-refractivity contribution in [2.75, 3.05) is 26.2 Å². The second kappa shape index (κ2) is 7.41. The van der Waals surface area contributed by atoms with Gasteiger partial charge < -0.3 is 15.5 Å². The third-order valence-electron chi connectivity index (χ3n) is 3.79. The molecule has 2 rings (SSSR count). The summed E-state index contributed by atoms with van der Waals surface area (Å²) < 4.78 is 13.2. The lowest BCUT2D eigenvalue weighted by Gasteiger charge is -2.39. The number of unbranched alkanes of at least 4 members (excludes halogenated alkanes) is 1. The molecule has 0 aromatic heterocycles. The highest BCUT2D eigenvalue weighted by Crippen LogP contribution is 2.12. The van der Waals surface area contributed by atoms with Crippen molar-refractivity contribution in [1.82, 2.24) is 9.80 Å². The van der Waals surface area contributed by atoms with E-state index in [9.17, 15) is 9.18 Å². The maximum Gasteiger partial charge on any atom is 0.320 e. The Bertz CT molecular complexity index is 480. The molecule has 5 heteroatoms. The SMILES string of the molecule is CCCCN1CC(N)CN(CCc2cccc(F)c2)C1=O. The quantitative estimate of drug-likeness (QED) is 0.874. The first-order chi connectivity index (χ1) is 10.1. The maximum atomic E-state index is 13.2. The van der Waals surface area contributed by atoms with Gasteiger partial charge in [-0.3, -0.25) is 0 Å². The lowest BCUT2D eigenvalue weighted by molar-refractivity contribution is 0.121. The van der Waals surface area contributed by atoms with Gasteiger partial charge in [0.2, 0.25) is 0 Å². The number of carbonyl (C=O) groups is 1. The number of nitrogens with two attached hydrogens (primary N) is 1. The minimum atomic E-state index is -0.237. The zero-order chi connectivity index (χ0) is 15.2. The third kappa shape index (κ3) is 4.43. The Morgan fingerprint density at radius 3 is 2.67 bits per heavy atom. The molecule has 0 aliphatic carbocycles. The Balaban J connectivity index is 1.93. The Morgan fingerprint density at radius 2 is 2.00 bits per heavy atom. The standard InChI is InChI=1S/C16H24FN3O/c1-2-3-8-19-11-15(18)12-20(16(19)21)9-7-13-5-4-6-14(17)10-13/h4-6,10,15H,2-3,7-9,11-12,18H2,1H3. The third-order valence-corrected chi connectivity index (χ3v) is 3.79. The lowest BCUT2D eigenvalue weighted by atomic mass is 10.1. The summed E-state index contributed by atoms with van der Waals surface area (Å²) in [7, 11) is 0. The van der Waals surface area contributed by atoms with Crippen LogP contribution >= 0.6 is 0 Å². The zero-order valence-electron chi connectivity index (χ0n) is 12.6. The first-order valence-electron chi connectivity index (χ1n) is 7.64. The molecule has 2 amide bonds. The molecule has 1 aromatic rings. The highest BCUT2D eigenvalue weighted by Gasteiger charge is 2.29. The van der Waals surface area contributed by atoms with Gasteiger partial charge in [-0.1, -0.05) is 25.5 Å². The molecule has 0 spiro atoms. The Kier molecular flexibility index (Phi) is 5.56. The van der Waals surface area contributed by atoms with Crippen LogP contribution in [-0.2, 0) is 6.42 Å². The van der Waals surface area contributed by atoms with Crippen molar-refractivity contribution in [3.05, 3.63) is 35.6 Å². The van der Waals surface area contributed by atoms with Crippen LogP contribution in [0.5, 0.6) is 0 Å². The smallest absolute Gasteiger partial charge is 0.320 e. The fourth-order valence-electron chi connectivity index (χ4n) is 2.66. The second-order valence-electron chi connectivity index (χ2n) is 5.67. The van der Waals surface area contributed by atoms with E-state index < -0.39 is 0 Å². The highest BCUT2D eigenvalue weighted by atomic mass is 19.1. The van der Waals surface area contributed by atoms with Gasteiger partial charge in [-0.2, -0.15) is 0 Å². The van der Waals surface area contributed by atoms with Gasteiger partial charge in [-0.25, -0.2) is 9.18 Å². The van der Waals surface area contributed by atoms with E-state index in [-0.39, 0.29) is 17.9 Å². The van der Waals surface area contributed by atoms with E-state index in [0.29, 0.717) is 26.1 Å². The summed E-state index contributed by atoms with van der Waals surface area (Å²) in [4.78, 5) is 16.0. The van der Waals surface area contributed by atoms with Crippen LogP contribution in [-0.4, -0.2) is 48.1 Å². The number of halogens is 1. The molecule has 1 heterocycles. The van der Waals surface area contributed by atoms with E-state index in [4.69, 9.17) is 5.73 Å². The van der Waals surface area contributed by atoms with Crippen LogP contribution in [0.3, 0.4) is 0 Å². The van der Waals surface area contributed by atoms with E-state index in [1.165, 1.54) is 12.1 Å². The first-order valence-corrected chi connectivity index (χ1v) is 7.64. The number of benzene rings is 1. The van der Waals surface area contributed by atoms with Gasteiger partial charge in [0.15, 0.2) is 0 Å². The summed E-state index contributed by atoms with van der Waals surface area (Å²) in [5.74, 6) is -0.237. The molecule has 1 aromatic carbocycles. The van der Waals surface area contributed by atoms with E-state index in [2.05, 4.69) is 6.92 Å². The summed E-state index contributed by atoms with van der Waals surface area (Å²) in [5.41, 5.74) is 6.95. The molecule has 116 valence electrons. The van der Waals surface area contributed by atoms with Crippen molar-refractivity contribution in [2.24, 2.45) is 5.73 Å². The van der Waals surface area contributed by atoms with Gasteiger partial charge in [0.05, 0.1) is 0 Å². The van der Waals surface area contributed by atoms with Gasteiger partial charge in [0, 0.05) is 32.2 Å². The van der Waals surface area contributed by atoms with Crippen LogP contribution in [0.25, 0.3) is 0 Å². The number of urea groups is 1. The van der Waals surface area contributed by atoms with Crippen molar-refractivity contribution < 1.29 is 9.18 Å². The van der Waals surface area contributed by atoms with Crippen LogP contribution in [0.2, 0.25) is 0 Å². The normalized spacial score (nSPS) is 19.2. The first kappa shape index (κ1) is 15.8. The highest BCUT2D eigenvalue weighted by molar-refractivity contribution is 5.75. The van der Waals surface area contributed by atoms with Crippen LogP contribution in [0, 0.1) is 5.82 Å². The van der Waals surface area contributed by atoms with Crippen molar-refractivity contribution in [3.63, 3.8) is 0 Å². The minimum absolute atomic E-state index is 0.00735. The summed E-state index contributed by atoms with van der Waals surface area (Å²) in [6.45, 7) is 4.67. The lowest BCUT2D eigenvalue weighted by Crippen LogP contribution is -2.58. The number of carbonyl (C=O) groups excluding carboxylic acids is 1. The van der Waals surface area contributed by atoms with Gasteiger partial charge in [0.1, 0.15) is 5.82 Å². The molecule has 1 fully saturated rings. The monoisotopic (exact) mass is 293 g/mol. The Morgan fingerprint density at radius 1 is 1.29 bits per heavy atom. The molecular weight excluding hydrogens is 269 g/mol. The topological polar surface area (TPSA) is 49.6 Å². The van der Waals surface area contributed by atoms with Crippen molar-refractivity contribution in [3.8, 4) is 0 Å². The van der Waals surface area contributed by atoms with E-state index in [1.807, 2.05) is 11.0 Å². The number of rotatable bonds is 6. The second-order valence-corrected chi connectivity index (χ2v) is 5.67. The van der Waals surface area contributed by atoms with Gasteiger partial charge >= 0.3 is 6.03 Å². The molecule has 1 saturated heterocycles. The molecule has 2 N–H and O–H groups in total. The van der Waals surface area contributed by atoms with Crippen molar-refractivity contribution in [1.29, 1.82) is 0 Å². The Hall–Kier alpha value is -1.62. The predicted molar refractivity (Wildman–Crippen MR) is 81.5 cm³/mol. The van der Waals surface area contributed by atoms with Gasteiger partial charge in [-0.15, -0.1) is 0 Å². The van der Waals surface area contributed by atoms with Gasteiger partial charge in [0.25, 0.3) is 0 Å². The van der Waals surface area contributed by atoms with E-state index in [0.717, 1.165) is 24.9 Å². The average molecular weight is 293 g/mol. The van der Waals surface area contributed by atoms with Crippen LogP contribution in [0.15, 0.2) is 24.3 Å². The molecule has 0 radical (unpaired) electrons. The summed E-state index contributed by atoms with van der Waals surface area (Å²) in [6, 6.07) is 6.57.